The quantitative estimate of drug-likeness (QED) is 0.821. The second-order valence-corrected chi connectivity index (χ2v) is 4.93. The van der Waals surface area contributed by atoms with Gasteiger partial charge in [-0.3, -0.25) is 4.79 Å². The molecule has 104 valence electrons. The molecule has 0 aliphatic rings. The SMILES string of the molecule is Cc1cc(C)c(C(=O)Nc2c(N)cccc2F)c(C)c1. The molecule has 0 atom stereocenters. The fourth-order valence-corrected chi connectivity index (χ4v) is 2.39. The number of hydrogen-bond acceptors (Lipinski definition) is 2. The Morgan fingerprint density at radius 1 is 1.15 bits per heavy atom. The van der Waals surface area contributed by atoms with Gasteiger partial charge in [0.05, 0.1) is 5.69 Å². The van der Waals surface area contributed by atoms with Crippen LogP contribution in [0.1, 0.15) is 27.0 Å². The largest absolute Gasteiger partial charge is 0.397 e. The molecule has 3 nitrogen and oxygen atoms in total. The van der Waals surface area contributed by atoms with E-state index in [0.717, 1.165) is 16.7 Å². The van der Waals surface area contributed by atoms with Gasteiger partial charge in [-0.2, -0.15) is 0 Å². The zero-order valence-corrected chi connectivity index (χ0v) is 11.8. The van der Waals surface area contributed by atoms with Crippen LogP contribution in [0.5, 0.6) is 0 Å². The maximum absolute atomic E-state index is 13.7. The van der Waals surface area contributed by atoms with Gasteiger partial charge in [0.2, 0.25) is 0 Å². The molecule has 0 unspecified atom stereocenters. The van der Waals surface area contributed by atoms with Crippen molar-refractivity contribution in [3.8, 4) is 0 Å². The number of nitrogens with two attached hydrogens (primary N) is 1. The summed E-state index contributed by atoms with van der Waals surface area (Å²) >= 11 is 0. The van der Waals surface area contributed by atoms with E-state index in [1.54, 1.807) is 6.07 Å². The van der Waals surface area contributed by atoms with E-state index < -0.39 is 5.82 Å². The maximum Gasteiger partial charge on any atom is 0.256 e. The summed E-state index contributed by atoms with van der Waals surface area (Å²) in [6, 6.07) is 8.16. The van der Waals surface area contributed by atoms with Crippen molar-refractivity contribution in [1.29, 1.82) is 0 Å². The van der Waals surface area contributed by atoms with Crippen molar-refractivity contribution in [2.45, 2.75) is 20.8 Å². The van der Waals surface area contributed by atoms with Gasteiger partial charge < -0.3 is 11.1 Å². The summed E-state index contributed by atoms with van der Waals surface area (Å²) in [5.74, 6) is -0.891. The van der Waals surface area contributed by atoms with Crippen molar-refractivity contribution in [3.05, 3.63) is 58.4 Å². The van der Waals surface area contributed by atoms with Crippen LogP contribution in [-0.2, 0) is 0 Å². The third kappa shape index (κ3) is 2.64. The second-order valence-electron chi connectivity index (χ2n) is 4.93. The maximum atomic E-state index is 13.7. The minimum atomic E-state index is -0.541. The standard InChI is InChI=1S/C16H17FN2O/c1-9-7-10(2)14(11(3)8-9)16(20)19-15-12(17)5-4-6-13(15)18/h4-8H,18H2,1-3H3,(H,19,20). The zero-order valence-electron chi connectivity index (χ0n) is 11.8. The van der Waals surface area contributed by atoms with Gasteiger partial charge in [0.25, 0.3) is 5.91 Å². The highest BCUT2D eigenvalue weighted by molar-refractivity contribution is 6.07. The van der Waals surface area contributed by atoms with E-state index in [9.17, 15) is 9.18 Å². The molecule has 20 heavy (non-hydrogen) atoms. The average Bonchev–Trinajstić information content (AvgIpc) is 2.32. The fourth-order valence-electron chi connectivity index (χ4n) is 2.39. The number of hydrogen-bond donors (Lipinski definition) is 2. The van der Waals surface area contributed by atoms with Crippen LogP contribution in [0.25, 0.3) is 0 Å². The monoisotopic (exact) mass is 272 g/mol. The molecule has 0 saturated heterocycles. The summed E-state index contributed by atoms with van der Waals surface area (Å²) in [5.41, 5.74) is 9.28. The molecule has 0 bridgehead atoms. The van der Waals surface area contributed by atoms with E-state index >= 15 is 0 Å². The van der Waals surface area contributed by atoms with Gasteiger partial charge in [-0.05, 0) is 44.0 Å². The van der Waals surface area contributed by atoms with Gasteiger partial charge >= 0.3 is 0 Å². The molecule has 4 heteroatoms. The Balaban J connectivity index is 2.39. The Morgan fingerprint density at radius 3 is 2.30 bits per heavy atom. The summed E-state index contributed by atoms with van der Waals surface area (Å²) < 4.78 is 13.7. The van der Waals surface area contributed by atoms with Crippen LogP contribution in [0.3, 0.4) is 0 Å². The molecule has 0 fully saturated rings. The minimum absolute atomic E-state index is 0.0249. The Morgan fingerprint density at radius 2 is 1.75 bits per heavy atom. The van der Waals surface area contributed by atoms with Gasteiger partial charge in [-0.1, -0.05) is 23.8 Å². The number of aryl methyl sites for hydroxylation is 3. The number of carbonyl (C=O) groups excluding carboxylic acids is 1. The Labute approximate surface area is 117 Å². The normalized spacial score (nSPS) is 10.4. The first kappa shape index (κ1) is 14.1. The number of nitrogens with one attached hydrogen (secondary N) is 1. The highest BCUT2D eigenvalue weighted by Gasteiger charge is 2.16. The lowest BCUT2D eigenvalue weighted by Crippen LogP contribution is -2.17. The van der Waals surface area contributed by atoms with E-state index in [0.29, 0.717) is 5.56 Å². The molecule has 0 spiro atoms. The number of para-hydroxylation sites is 1. The van der Waals surface area contributed by atoms with E-state index in [1.807, 2.05) is 32.9 Å². The predicted octanol–water partition coefficient (Wildman–Crippen LogP) is 3.59. The lowest BCUT2D eigenvalue weighted by atomic mass is 9.99. The number of carbonyl (C=O) groups is 1. The molecular weight excluding hydrogens is 255 g/mol. The van der Waals surface area contributed by atoms with Gasteiger partial charge in [-0.15, -0.1) is 0 Å². The molecule has 3 N–H and O–H groups in total. The number of benzene rings is 2. The lowest BCUT2D eigenvalue weighted by molar-refractivity contribution is 0.102. The van der Waals surface area contributed by atoms with Gasteiger partial charge in [0.1, 0.15) is 11.5 Å². The molecule has 0 aromatic heterocycles. The van der Waals surface area contributed by atoms with Crippen LogP contribution in [0.4, 0.5) is 15.8 Å². The first-order chi connectivity index (χ1) is 9.40. The van der Waals surface area contributed by atoms with Crippen LogP contribution < -0.4 is 11.1 Å². The van der Waals surface area contributed by atoms with Gasteiger partial charge in [0, 0.05) is 5.56 Å². The molecule has 2 aromatic carbocycles. The van der Waals surface area contributed by atoms with Gasteiger partial charge in [-0.25, -0.2) is 4.39 Å². The molecule has 0 aliphatic heterocycles. The third-order valence-electron chi connectivity index (χ3n) is 3.19. The Bertz CT molecular complexity index is 637. The summed E-state index contributed by atoms with van der Waals surface area (Å²) in [6.45, 7) is 5.69. The van der Waals surface area contributed by atoms with Crippen LogP contribution in [0.2, 0.25) is 0 Å². The molecule has 0 radical (unpaired) electrons. The zero-order chi connectivity index (χ0) is 14.9. The van der Waals surface area contributed by atoms with Crippen LogP contribution in [0.15, 0.2) is 30.3 Å². The number of rotatable bonds is 2. The molecule has 1 amide bonds. The number of amides is 1. The first-order valence-electron chi connectivity index (χ1n) is 6.33. The lowest BCUT2D eigenvalue weighted by Gasteiger charge is -2.13. The first-order valence-corrected chi connectivity index (χ1v) is 6.33. The van der Waals surface area contributed by atoms with E-state index in [4.69, 9.17) is 5.73 Å². The highest BCUT2D eigenvalue weighted by Crippen LogP contribution is 2.24. The van der Waals surface area contributed by atoms with E-state index in [-0.39, 0.29) is 17.3 Å². The highest BCUT2D eigenvalue weighted by atomic mass is 19.1. The minimum Gasteiger partial charge on any atom is -0.397 e. The van der Waals surface area contributed by atoms with Gasteiger partial charge in [0.15, 0.2) is 0 Å². The van der Waals surface area contributed by atoms with Crippen molar-refractivity contribution >= 4 is 17.3 Å². The summed E-state index contributed by atoms with van der Waals surface area (Å²) in [6.07, 6.45) is 0. The molecule has 0 saturated carbocycles. The third-order valence-corrected chi connectivity index (χ3v) is 3.19. The van der Waals surface area contributed by atoms with Crippen molar-refractivity contribution in [3.63, 3.8) is 0 Å². The number of halogens is 1. The Hall–Kier alpha value is -2.36. The number of anilines is 2. The van der Waals surface area contributed by atoms with Crippen molar-refractivity contribution in [2.75, 3.05) is 11.1 Å². The predicted molar refractivity (Wildman–Crippen MR) is 79.4 cm³/mol. The fraction of sp³-hybridized carbons (Fsp3) is 0.188. The molecular formula is C16H17FN2O. The van der Waals surface area contributed by atoms with Crippen LogP contribution in [-0.4, -0.2) is 5.91 Å². The smallest absolute Gasteiger partial charge is 0.256 e. The molecule has 0 aliphatic carbocycles. The average molecular weight is 272 g/mol. The summed E-state index contributed by atoms with van der Waals surface area (Å²) in [4.78, 5) is 12.3. The van der Waals surface area contributed by atoms with Crippen molar-refractivity contribution in [2.24, 2.45) is 0 Å². The Kier molecular flexibility index (Phi) is 3.74. The number of nitrogen functional groups attached to an aromatic ring is 1. The summed E-state index contributed by atoms with van der Waals surface area (Å²) in [7, 11) is 0. The van der Waals surface area contributed by atoms with Crippen LogP contribution in [0, 0.1) is 26.6 Å². The summed E-state index contributed by atoms with van der Waals surface area (Å²) in [5, 5.41) is 2.56. The second kappa shape index (κ2) is 5.33. The molecule has 2 rings (SSSR count). The van der Waals surface area contributed by atoms with Crippen molar-refractivity contribution < 1.29 is 9.18 Å². The van der Waals surface area contributed by atoms with Crippen molar-refractivity contribution in [1.82, 2.24) is 0 Å². The molecule has 0 heterocycles. The molecule has 2 aromatic rings. The topological polar surface area (TPSA) is 55.1 Å². The van der Waals surface area contributed by atoms with E-state index in [2.05, 4.69) is 5.32 Å². The van der Waals surface area contributed by atoms with Crippen LogP contribution >= 0.6 is 0 Å². The van der Waals surface area contributed by atoms with E-state index in [1.165, 1.54) is 12.1 Å².